The number of pyridine rings is 2. The SMILES string of the molecule is Cc1ccc(C(=O)Nc2ccc(C(=O)Nc3ccc(C(=O)NC4CCC(C(=O)Nc5cnc6ccccc6c5)CC4)cc3OCC(C)C)cc2OCC(C)C)cc1OCCOC(C)(C)C.Cc1ccc(C(=O)Nc2ccc(C(=O)Nc3ccc(C(=O)O)cc3OCC(C)C)cc2OCC(C)C)cc1OCCOC(C)(C)C.NC1CCC(C(=O)Nc2cnc3ccccc3c2)CC1. The minimum Gasteiger partial charge on any atom is -0.491 e. The number of nitrogens with zero attached hydrogens (tertiary/aromatic N) is 2. The number of nitrogens with one attached hydrogen (secondary N) is 7. The van der Waals surface area contributed by atoms with Crippen LogP contribution < -0.4 is 71.4 Å². The van der Waals surface area contributed by atoms with Crippen LogP contribution in [0.4, 0.5) is 34.1 Å². The molecule has 2 saturated carbocycles. The first-order chi connectivity index (χ1) is 62.3. The number of benzene rings is 8. The zero-order valence-corrected chi connectivity index (χ0v) is 78.2. The second-order valence-corrected chi connectivity index (χ2v) is 36.8. The van der Waals surface area contributed by atoms with E-state index in [-0.39, 0.29) is 105 Å². The molecule has 12 rings (SSSR count). The fourth-order valence-corrected chi connectivity index (χ4v) is 14.1. The van der Waals surface area contributed by atoms with E-state index in [4.69, 9.17) is 43.6 Å². The number of ether oxygens (including phenoxy) is 8. The van der Waals surface area contributed by atoms with Crippen molar-refractivity contribution in [3.8, 4) is 34.5 Å². The van der Waals surface area contributed by atoms with Gasteiger partial charge in [0.2, 0.25) is 11.8 Å². The second kappa shape index (κ2) is 47.5. The molecule has 2 aliphatic carbocycles. The van der Waals surface area contributed by atoms with Gasteiger partial charge >= 0.3 is 5.97 Å². The molecule has 0 radical (unpaired) electrons. The minimum absolute atomic E-state index is 0.0445. The molecule has 2 aromatic heterocycles. The third kappa shape index (κ3) is 31.7. The van der Waals surface area contributed by atoms with Crippen LogP contribution in [0.15, 0.2) is 182 Å². The molecule has 2 heterocycles. The van der Waals surface area contributed by atoms with E-state index >= 15 is 0 Å². The summed E-state index contributed by atoms with van der Waals surface area (Å²) in [5, 5.41) is 32.2. The third-order valence-corrected chi connectivity index (χ3v) is 21.2. The molecular formula is C104H128N10O17. The zero-order chi connectivity index (χ0) is 94.6. The number of carboxylic acid groups (broad SMARTS) is 1. The van der Waals surface area contributed by atoms with Crippen molar-refractivity contribution in [3.63, 3.8) is 0 Å². The summed E-state index contributed by atoms with van der Waals surface area (Å²) in [5.74, 6) is 0.140. The van der Waals surface area contributed by atoms with Crippen molar-refractivity contribution < 1.29 is 81.4 Å². The highest BCUT2D eigenvalue weighted by Crippen LogP contribution is 2.36. The smallest absolute Gasteiger partial charge is 0.335 e. The monoisotopic (exact) mass is 1790 g/mol. The zero-order valence-electron chi connectivity index (χ0n) is 78.2. The van der Waals surface area contributed by atoms with Crippen molar-refractivity contribution in [3.05, 3.63) is 227 Å². The number of hydrogen-bond acceptors (Lipinski definition) is 19. The average molecular weight is 1790 g/mol. The molecule has 131 heavy (non-hydrogen) atoms. The van der Waals surface area contributed by atoms with Crippen molar-refractivity contribution in [2.75, 3.05) is 84.8 Å². The lowest BCUT2D eigenvalue weighted by Gasteiger charge is -2.28. The molecule has 8 aromatic carbocycles. The van der Waals surface area contributed by atoms with Gasteiger partial charge in [0.05, 0.1) is 114 Å². The summed E-state index contributed by atoms with van der Waals surface area (Å²) >= 11 is 0. The molecule has 27 nitrogen and oxygen atoms in total. The number of fused-ring (bicyclic) bond motifs is 2. The molecular weight excluding hydrogens is 1660 g/mol. The largest absolute Gasteiger partial charge is 0.491 e. The number of hydrogen-bond donors (Lipinski definition) is 9. The summed E-state index contributed by atoms with van der Waals surface area (Å²) in [5.41, 5.74) is 13.6. The van der Waals surface area contributed by atoms with Crippen molar-refractivity contribution in [2.45, 2.75) is 185 Å². The highest BCUT2D eigenvalue weighted by Gasteiger charge is 2.30. The van der Waals surface area contributed by atoms with Crippen LogP contribution in [0.1, 0.15) is 222 Å². The Balaban J connectivity index is 0.000000232. The Morgan fingerprint density at radius 1 is 0.366 bits per heavy atom. The van der Waals surface area contributed by atoms with E-state index in [1.54, 1.807) is 91.3 Å². The summed E-state index contributed by atoms with van der Waals surface area (Å²) in [6, 6.07) is 49.0. The van der Waals surface area contributed by atoms with Crippen LogP contribution in [0.3, 0.4) is 0 Å². The molecule has 7 amide bonds. The van der Waals surface area contributed by atoms with Crippen LogP contribution in [0, 0.1) is 49.4 Å². The van der Waals surface area contributed by atoms with E-state index in [0.29, 0.717) is 158 Å². The summed E-state index contributed by atoms with van der Waals surface area (Å²) in [6.07, 6.45) is 9.63. The molecule has 10 aromatic rings. The highest BCUT2D eigenvalue weighted by atomic mass is 16.5. The summed E-state index contributed by atoms with van der Waals surface area (Å²) in [4.78, 5) is 113. The van der Waals surface area contributed by atoms with Crippen LogP contribution in [0.2, 0.25) is 0 Å². The predicted octanol–water partition coefficient (Wildman–Crippen LogP) is 20.4. The van der Waals surface area contributed by atoms with Crippen LogP contribution in [-0.4, -0.2) is 139 Å². The van der Waals surface area contributed by atoms with Crippen LogP contribution in [0.5, 0.6) is 34.5 Å². The molecule has 2 aliphatic rings. The number of carbonyl (C=O) groups is 8. The molecule has 0 bridgehead atoms. The molecule has 10 N–H and O–H groups in total. The van der Waals surface area contributed by atoms with Crippen LogP contribution in [-0.2, 0) is 19.1 Å². The number of nitrogens with two attached hydrogens (primary N) is 1. The van der Waals surface area contributed by atoms with Crippen LogP contribution in [0.25, 0.3) is 21.8 Å². The van der Waals surface area contributed by atoms with Crippen molar-refractivity contribution >= 4 is 103 Å². The molecule has 0 unspecified atom stereocenters. The lowest BCUT2D eigenvalue weighted by atomic mass is 9.85. The van der Waals surface area contributed by atoms with Gasteiger partial charge in [0.15, 0.2) is 0 Å². The number of anilines is 6. The van der Waals surface area contributed by atoms with Gasteiger partial charge in [-0.05, 0) is 263 Å². The quantitative estimate of drug-likeness (QED) is 0.0167. The fourth-order valence-electron chi connectivity index (χ4n) is 14.1. The molecule has 696 valence electrons. The first kappa shape index (κ1) is 100. The maximum absolute atomic E-state index is 13.8. The lowest BCUT2D eigenvalue weighted by molar-refractivity contribution is -0.121. The number of carbonyl (C=O) groups excluding carboxylic acids is 7. The van der Waals surface area contributed by atoms with Gasteiger partial charge in [-0.15, -0.1) is 0 Å². The molecule has 2 fully saturated rings. The Bertz CT molecular complexity index is 5610. The van der Waals surface area contributed by atoms with E-state index in [0.717, 1.165) is 64.3 Å². The number of aromatic carboxylic acids is 1. The second-order valence-electron chi connectivity index (χ2n) is 36.8. The molecule has 0 saturated heterocycles. The first-order valence-electron chi connectivity index (χ1n) is 45.0. The lowest BCUT2D eigenvalue weighted by Crippen LogP contribution is -2.39. The Labute approximate surface area is 768 Å². The Morgan fingerprint density at radius 2 is 0.672 bits per heavy atom. The number of aryl methyl sites for hydroxylation is 2. The van der Waals surface area contributed by atoms with Crippen molar-refractivity contribution in [1.29, 1.82) is 0 Å². The van der Waals surface area contributed by atoms with Gasteiger partial charge in [0.25, 0.3) is 29.5 Å². The van der Waals surface area contributed by atoms with Gasteiger partial charge < -0.3 is 86.0 Å². The third-order valence-electron chi connectivity index (χ3n) is 21.2. The average Bonchev–Trinajstić information content (AvgIpc) is 0.823. The predicted molar refractivity (Wildman–Crippen MR) is 515 cm³/mol. The normalized spacial score (nSPS) is 14.9. The molecule has 0 aliphatic heterocycles. The fraction of sp³-hybridized carbons (Fsp3) is 0.404. The van der Waals surface area contributed by atoms with Gasteiger partial charge in [-0.2, -0.15) is 0 Å². The highest BCUT2D eigenvalue weighted by molar-refractivity contribution is 6.10. The van der Waals surface area contributed by atoms with E-state index in [9.17, 15) is 43.5 Å². The summed E-state index contributed by atoms with van der Waals surface area (Å²) in [6.45, 7) is 34.6. The first-order valence-corrected chi connectivity index (χ1v) is 45.0. The van der Waals surface area contributed by atoms with Gasteiger partial charge in [0, 0.05) is 62.5 Å². The number of amides is 7. The Hall–Kier alpha value is -13.0. The van der Waals surface area contributed by atoms with Gasteiger partial charge in [-0.25, -0.2) is 4.79 Å². The number of para-hydroxylation sites is 2. The molecule has 27 heteroatoms. The topological polar surface area (TPSA) is 367 Å². The van der Waals surface area contributed by atoms with E-state index in [1.165, 1.54) is 18.2 Å². The maximum Gasteiger partial charge on any atom is 0.335 e. The molecule has 0 atom stereocenters. The van der Waals surface area contributed by atoms with E-state index < -0.39 is 17.8 Å². The minimum atomic E-state index is -1.10. The van der Waals surface area contributed by atoms with E-state index in [1.807, 2.05) is 184 Å². The van der Waals surface area contributed by atoms with Gasteiger partial charge in [-0.3, -0.25) is 43.5 Å². The summed E-state index contributed by atoms with van der Waals surface area (Å²) < 4.78 is 47.5. The van der Waals surface area contributed by atoms with E-state index in [2.05, 4.69) is 47.2 Å². The van der Waals surface area contributed by atoms with Gasteiger partial charge in [-0.1, -0.05) is 104 Å². The molecule has 0 spiro atoms. The van der Waals surface area contributed by atoms with Gasteiger partial charge in [0.1, 0.15) is 47.7 Å². The number of aromatic nitrogens is 2. The standard InChI is InChI=1S/C52H63N5O8.C36H46N2O8.C16H19N3O/c1-32(2)30-63-46-27-38(49(59)54-40-19-15-35(16-20-40)48(58)55-41-25-36-11-9-10-12-42(36)53-29-41)17-21-43(46)57-51(61)39-18-22-44(47(28-39)64-31-33(3)4)56-50(60)37-14-13-34(5)45(26-37)62-23-24-65-52(6,7)8;1-22(2)20-44-31-18-26(34(40)38-29-14-12-27(35(41)42)19-32(29)45-21-23(3)4)11-13-28(31)37-33(39)25-10-9-24(5)30(17-25)43-15-16-46-36(6,7)8;17-13-7-5-11(6-8-13)16(20)19-14-9-12-3-1-2-4-15(12)18-10-14/h9-14,17-18,21-22,25-29,32-33,35,40H,15-16,19-20,23-24,30-31H2,1-8H3,(H,54,59)(H,55,58)(H,56,60)(H,57,61);9-14,17-19,22-23H,15-16,20-21H2,1-8H3,(H,37,39)(H,38,40)(H,41,42);1-4,9-11,13H,5-8,17H2,(H,19,20). The summed E-state index contributed by atoms with van der Waals surface area (Å²) in [7, 11) is 0. The number of carboxylic acids is 1. The Morgan fingerprint density at radius 3 is 1.01 bits per heavy atom. The maximum atomic E-state index is 13.8. The van der Waals surface area contributed by atoms with Crippen LogP contribution >= 0.6 is 0 Å². The van der Waals surface area contributed by atoms with Crippen molar-refractivity contribution in [1.82, 2.24) is 15.3 Å². The number of rotatable bonds is 35. The Kier molecular flexibility index (Phi) is 36.4. The van der Waals surface area contributed by atoms with Crippen molar-refractivity contribution in [2.24, 2.45) is 41.2 Å².